The number of amides is 1. The third-order valence-electron chi connectivity index (χ3n) is 5.49. The van der Waals surface area contributed by atoms with E-state index in [0.29, 0.717) is 23.7 Å². The number of hydrogen-bond acceptors (Lipinski definition) is 9. The largest absolute Gasteiger partial charge is 0.462 e. The van der Waals surface area contributed by atoms with Gasteiger partial charge in [0.2, 0.25) is 10.0 Å². The second-order valence-corrected chi connectivity index (χ2v) is 10.9. The number of anilines is 1. The Labute approximate surface area is 216 Å². The molecule has 0 atom stereocenters. The van der Waals surface area contributed by atoms with Crippen LogP contribution in [0.3, 0.4) is 0 Å². The lowest BCUT2D eigenvalue weighted by Crippen LogP contribution is -2.40. The molecule has 1 N–H and O–H groups in total. The van der Waals surface area contributed by atoms with Gasteiger partial charge in [0.15, 0.2) is 0 Å². The van der Waals surface area contributed by atoms with Crippen LogP contribution in [0.2, 0.25) is 0 Å². The Kier molecular flexibility index (Phi) is 7.97. The summed E-state index contributed by atoms with van der Waals surface area (Å²) in [4.78, 5) is 36.9. The fraction of sp³-hybridized carbons (Fsp3) is 0.250. The van der Waals surface area contributed by atoms with Crippen LogP contribution < -0.4 is 5.32 Å². The van der Waals surface area contributed by atoms with E-state index >= 15 is 0 Å². The number of ether oxygens (including phenoxy) is 2. The van der Waals surface area contributed by atoms with Crippen LogP contribution in [0.4, 0.5) is 11.4 Å². The Morgan fingerprint density at radius 3 is 2.57 bits per heavy atom. The number of nitrogens with one attached hydrogen (secondary N) is 1. The van der Waals surface area contributed by atoms with Crippen LogP contribution >= 0.6 is 11.3 Å². The lowest BCUT2D eigenvalue weighted by Gasteiger charge is -2.26. The fourth-order valence-electron chi connectivity index (χ4n) is 3.68. The van der Waals surface area contributed by atoms with Crippen molar-refractivity contribution < 1.29 is 32.4 Å². The first-order valence-electron chi connectivity index (χ1n) is 11.3. The summed E-state index contributed by atoms with van der Waals surface area (Å²) in [6.45, 7) is 2.78. The summed E-state index contributed by atoms with van der Waals surface area (Å²) in [6.07, 6.45) is 0. The van der Waals surface area contributed by atoms with Crippen LogP contribution in [0.5, 0.6) is 0 Å². The van der Waals surface area contributed by atoms with Crippen LogP contribution in [0, 0.1) is 10.1 Å². The van der Waals surface area contributed by atoms with Gasteiger partial charge in [-0.05, 0) is 36.8 Å². The zero-order chi connectivity index (χ0) is 26.6. The number of rotatable bonds is 8. The molecule has 11 nitrogen and oxygen atoms in total. The number of nitro groups is 1. The summed E-state index contributed by atoms with van der Waals surface area (Å²) in [5.74, 6) is -1.30. The molecule has 0 unspecified atom stereocenters. The minimum atomic E-state index is -3.82. The lowest BCUT2D eigenvalue weighted by atomic mass is 10.1. The number of non-ortho nitro benzene ring substituents is 1. The van der Waals surface area contributed by atoms with E-state index in [1.165, 1.54) is 52.8 Å². The maximum absolute atomic E-state index is 13.1. The third kappa shape index (κ3) is 5.85. The molecule has 1 aliphatic heterocycles. The first kappa shape index (κ1) is 26.4. The number of nitro benzene ring substituents is 1. The molecular formula is C24H23N3O8S2. The second kappa shape index (κ2) is 11.2. The molecule has 1 saturated heterocycles. The Hall–Kier alpha value is -3.65. The zero-order valence-corrected chi connectivity index (χ0v) is 21.3. The van der Waals surface area contributed by atoms with Crippen molar-refractivity contribution >= 4 is 44.6 Å². The molecule has 3 aromatic rings. The molecule has 1 aromatic heterocycles. The molecule has 194 valence electrons. The van der Waals surface area contributed by atoms with Crippen LogP contribution in [0.1, 0.15) is 27.0 Å². The van der Waals surface area contributed by atoms with E-state index in [-0.39, 0.29) is 46.4 Å². The maximum atomic E-state index is 13.1. The van der Waals surface area contributed by atoms with Crippen LogP contribution in [0.15, 0.2) is 59.5 Å². The normalized spacial score (nSPS) is 14.2. The number of morpholine rings is 1. The summed E-state index contributed by atoms with van der Waals surface area (Å²) in [7, 11) is -3.82. The molecule has 0 saturated carbocycles. The summed E-state index contributed by atoms with van der Waals surface area (Å²) in [5.41, 5.74) is 0.597. The molecule has 0 spiro atoms. The Morgan fingerprint density at radius 2 is 1.86 bits per heavy atom. The van der Waals surface area contributed by atoms with Gasteiger partial charge in [0, 0.05) is 35.7 Å². The number of hydrogen-bond donors (Lipinski definition) is 1. The Bertz CT molecular complexity index is 1450. The molecule has 1 aliphatic rings. The van der Waals surface area contributed by atoms with Crippen LogP contribution in [-0.4, -0.2) is 62.4 Å². The van der Waals surface area contributed by atoms with Gasteiger partial charge in [-0.15, -0.1) is 11.3 Å². The Balaban J connectivity index is 1.64. The quantitative estimate of drug-likeness (QED) is 0.256. The molecular weight excluding hydrogens is 522 g/mol. The van der Waals surface area contributed by atoms with E-state index in [0.717, 1.165) is 11.3 Å². The number of sulfonamides is 1. The van der Waals surface area contributed by atoms with E-state index in [9.17, 15) is 28.1 Å². The van der Waals surface area contributed by atoms with Gasteiger partial charge in [0.25, 0.3) is 11.6 Å². The summed E-state index contributed by atoms with van der Waals surface area (Å²) < 4.78 is 37.6. The van der Waals surface area contributed by atoms with Gasteiger partial charge in [-0.3, -0.25) is 14.9 Å². The monoisotopic (exact) mass is 545 g/mol. The highest BCUT2D eigenvalue weighted by Crippen LogP contribution is 2.37. The van der Waals surface area contributed by atoms with Crippen LogP contribution in [0.25, 0.3) is 10.4 Å². The van der Waals surface area contributed by atoms with E-state index < -0.39 is 26.8 Å². The average Bonchev–Trinajstić information content (AvgIpc) is 3.33. The lowest BCUT2D eigenvalue weighted by molar-refractivity contribution is -0.384. The maximum Gasteiger partial charge on any atom is 0.350 e. The standard InChI is InChI=1S/C24H23N3O8S2/c1-2-35-24(29)22-20(15-21(36-22)16-5-3-7-18(13-16)27(30)31)25-23(28)17-6-4-8-19(14-17)37(32,33)26-9-11-34-12-10-26/h3-8,13-15H,2,9-12H2,1H3,(H,25,28). The highest BCUT2D eigenvalue weighted by atomic mass is 32.2. The minimum absolute atomic E-state index is 0.0322. The fourth-order valence-corrected chi connectivity index (χ4v) is 6.13. The van der Waals surface area contributed by atoms with Crippen LogP contribution in [-0.2, 0) is 19.5 Å². The van der Waals surface area contributed by atoms with E-state index in [1.807, 2.05) is 0 Å². The zero-order valence-electron chi connectivity index (χ0n) is 19.7. The van der Waals surface area contributed by atoms with Gasteiger partial charge in [-0.25, -0.2) is 13.2 Å². The Morgan fingerprint density at radius 1 is 1.14 bits per heavy atom. The summed E-state index contributed by atoms with van der Waals surface area (Å²) in [6, 6.07) is 13.0. The smallest absolute Gasteiger partial charge is 0.350 e. The van der Waals surface area contributed by atoms with Crippen molar-refractivity contribution in [2.24, 2.45) is 0 Å². The van der Waals surface area contributed by atoms with Crippen molar-refractivity contribution in [3.63, 3.8) is 0 Å². The molecule has 2 heterocycles. The average molecular weight is 546 g/mol. The highest BCUT2D eigenvalue weighted by molar-refractivity contribution is 7.89. The number of thiophene rings is 1. The number of benzene rings is 2. The number of esters is 1. The molecule has 0 bridgehead atoms. The van der Waals surface area contributed by atoms with Gasteiger partial charge in [-0.2, -0.15) is 4.31 Å². The summed E-state index contributed by atoms with van der Waals surface area (Å²) >= 11 is 1.02. The highest BCUT2D eigenvalue weighted by Gasteiger charge is 2.27. The first-order chi connectivity index (χ1) is 17.7. The third-order valence-corrected chi connectivity index (χ3v) is 8.55. The van der Waals surface area contributed by atoms with Crippen molar-refractivity contribution in [1.82, 2.24) is 4.31 Å². The number of carbonyl (C=O) groups is 2. The predicted molar refractivity (Wildman–Crippen MR) is 136 cm³/mol. The molecule has 1 fully saturated rings. The summed E-state index contributed by atoms with van der Waals surface area (Å²) in [5, 5.41) is 13.8. The van der Waals surface area contributed by atoms with E-state index in [2.05, 4.69) is 5.32 Å². The topological polar surface area (TPSA) is 145 Å². The molecule has 0 aliphatic carbocycles. The van der Waals surface area contributed by atoms with Gasteiger partial charge < -0.3 is 14.8 Å². The van der Waals surface area contributed by atoms with Crippen molar-refractivity contribution in [2.75, 3.05) is 38.2 Å². The van der Waals surface area contributed by atoms with Crippen molar-refractivity contribution in [3.8, 4) is 10.4 Å². The van der Waals surface area contributed by atoms with Gasteiger partial charge in [0.05, 0.1) is 35.3 Å². The molecule has 37 heavy (non-hydrogen) atoms. The van der Waals surface area contributed by atoms with Gasteiger partial charge in [-0.1, -0.05) is 18.2 Å². The minimum Gasteiger partial charge on any atom is -0.462 e. The molecule has 2 aromatic carbocycles. The number of nitrogens with zero attached hydrogens (tertiary/aromatic N) is 2. The van der Waals surface area contributed by atoms with E-state index in [1.54, 1.807) is 13.0 Å². The van der Waals surface area contributed by atoms with Crippen molar-refractivity contribution in [1.29, 1.82) is 0 Å². The predicted octanol–water partition coefficient (Wildman–Crippen LogP) is 3.77. The first-order valence-corrected chi connectivity index (χ1v) is 13.5. The molecule has 1 amide bonds. The van der Waals surface area contributed by atoms with Gasteiger partial charge in [0.1, 0.15) is 4.88 Å². The second-order valence-electron chi connectivity index (χ2n) is 7.88. The van der Waals surface area contributed by atoms with Crippen molar-refractivity contribution in [3.05, 3.63) is 75.2 Å². The molecule has 4 rings (SSSR count). The van der Waals surface area contributed by atoms with Crippen molar-refractivity contribution in [2.45, 2.75) is 11.8 Å². The SMILES string of the molecule is CCOC(=O)c1sc(-c2cccc([N+](=O)[O-])c2)cc1NC(=O)c1cccc(S(=O)(=O)N2CCOCC2)c1. The molecule has 13 heteroatoms. The molecule has 0 radical (unpaired) electrons. The van der Waals surface area contributed by atoms with E-state index in [4.69, 9.17) is 9.47 Å². The van der Waals surface area contributed by atoms with Gasteiger partial charge >= 0.3 is 5.97 Å². The number of carbonyl (C=O) groups excluding carboxylic acids is 2.